The third kappa shape index (κ3) is 6.08. The number of hydrogen-bond acceptors (Lipinski definition) is 8. The second-order valence-electron chi connectivity index (χ2n) is 4.73. The van der Waals surface area contributed by atoms with E-state index in [0.717, 1.165) is 0 Å². The SMILES string of the molecule is COCOc1cccc(C=O)c1OCOC.O=Cc1cccc(O)c1O. The summed E-state index contributed by atoms with van der Waals surface area (Å²) in [4.78, 5) is 20.9. The maximum atomic E-state index is 10.8. The first kappa shape index (κ1) is 20.9. The summed E-state index contributed by atoms with van der Waals surface area (Å²) in [6.07, 6.45) is 1.18. The summed E-state index contributed by atoms with van der Waals surface area (Å²) >= 11 is 0. The molecule has 0 aromatic heterocycles. The molecule has 0 amide bonds. The highest BCUT2D eigenvalue weighted by Crippen LogP contribution is 2.30. The van der Waals surface area contributed by atoms with Crippen LogP contribution in [0.3, 0.4) is 0 Å². The Morgan fingerprint density at radius 3 is 2.00 bits per heavy atom. The second kappa shape index (κ2) is 11.5. The first-order valence-electron chi connectivity index (χ1n) is 7.36. The fourth-order valence-electron chi connectivity index (χ4n) is 1.78. The number of para-hydroxylation sites is 2. The van der Waals surface area contributed by atoms with Gasteiger partial charge in [0.2, 0.25) is 0 Å². The van der Waals surface area contributed by atoms with Gasteiger partial charge in [-0.1, -0.05) is 12.1 Å². The Hall–Kier alpha value is -3.10. The van der Waals surface area contributed by atoms with Gasteiger partial charge in [-0.15, -0.1) is 0 Å². The van der Waals surface area contributed by atoms with Gasteiger partial charge in [-0.25, -0.2) is 0 Å². The Labute approximate surface area is 150 Å². The number of carbonyl (C=O) groups is 2. The molecule has 0 heterocycles. The topological polar surface area (TPSA) is 112 Å². The minimum atomic E-state index is -0.363. The second-order valence-corrected chi connectivity index (χ2v) is 4.73. The number of aldehydes is 2. The standard InChI is InChI=1S/C11H14O5.C7H6O3/c1-13-7-15-10-5-3-4-9(6-12)11(10)16-8-14-2;8-4-5-2-1-3-6(9)7(5)10/h3-6H,7-8H2,1-2H3;1-4,9-10H. The first-order valence-corrected chi connectivity index (χ1v) is 7.36. The van der Waals surface area contributed by atoms with E-state index in [2.05, 4.69) is 0 Å². The number of hydrogen-bond donors (Lipinski definition) is 2. The first-order chi connectivity index (χ1) is 12.6. The van der Waals surface area contributed by atoms with Crippen LogP contribution in [0.1, 0.15) is 20.7 Å². The zero-order valence-electron chi connectivity index (χ0n) is 14.4. The monoisotopic (exact) mass is 364 g/mol. The quantitative estimate of drug-likeness (QED) is 0.417. The van der Waals surface area contributed by atoms with Crippen molar-refractivity contribution >= 4 is 12.6 Å². The van der Waals surface area contributed by atoms with Crippen LogP contribution in [0.25, 0.3) is 0 Å². The van der Waals surface area contributed by atoms with Crippen LogP contribution in [0, 0.1) is 0 Å². The van der Waals surface area contributed by atoms with Crippen molar-refractivity contribution in [3.05, 3.63) is 47.5 Å². The summed E-state index contributed by atoms with van der Waals surface area (Å²) < 4.78 is 20.1. The van der Waals surface area contributed by atoms with Gasteiger partial charge < -0.3 is 29.2 Å². The van der Waals surface area contributed by atoms with Gasteiger partial charge in [0.05, 0.1) is 11.1 Å². The Kier molecular flexibility index (Phi) is 9.23. The molecule has 0 aliphatic carbocycles. The van der Waals surface area contributed by atoms with E-state index in [1.807, 2.05) is 0 Å². The molecular weight excluding hydrogens is 344 g/mol. The number of ether oxygens (including phenoxy) is 4. The van der Waals surface area contributed by atoms with Crippen LogP contribution in [0.2, 0.25) is 0 Å². The Morgan fingerprint density at radius 1 is 0.846 bits per heavy atom. The third-order valence-corrected chi connectivity index (χ3v) is 2.96. The van der Waals surface area contributed by atoms with Crippen molar-refractivity contribution in [1.82, 2.24) is 0 Å². The molecule has 8 nitrogen and oxygen atoms in total. The van der Waals surface area contributed by atoms with E-state index in [0.29, 0.717) is 29.6 Å². The molecular formula is C18H20O8. The van der Waals surface area contributed by atoms with E-state index < -0.39 is 0 Å². The zero-order chi connectivity index (χ0) is 19.4. The molecule has 140 valence electrons. The average molecular weight is 364 g/mol. The van der Waals surface area contributed by atoms with E-state index >= 15 is 0 Å². The fraction of sp³-hybridized carbons (Fsp3) is 0.222. The normalized spacial score (nSPS) is 9.62. The predicted octanol–water partition coefficient (Wildman–Crippen LogP) is 2.37. The number of benzene rings is 2. The van der Waals surface area contributed by atoms with Gasteiger partial charge in [0.15, 0.2) is 49.2 Å². The maximum absolute atomic E-state index is 10.8. The molecule has 0 aliphatic heterocycles. The molecule has 0 fully saturated rings. The van der Waals surface area contributed by atoms with Crippen molar-refractivity contribution < 1.29 is 38.7 Å². The fourth-order valence-corrected chi connectivity index (χ4v) is 1.78. The van der Waals surface area contributed by atoms with E-state index in [1.165, 1.54) is 32.4 Å². The lowest BCUT2D eigenvalue weighted by Gasteiger charge is -2.12. The molecule has 0 spiro atoms. The molecule has 0 bridgehead atoms. The van der Waals surface area contributed by atoms with Gasteiger partial charge in [0, 0.05) is 14.2 Å². The zero-order valence-corrected chi connectivity index (χ0v) is 14.4. The van der Waals surface area contributed by atoms with Crippen LogP contribution in [-0.4, -0.2) is 50.6 Å². The highest BCUT2D eigenvalue weighted by molar-refractivity contribution is 5.81. The molecule has 2 rings (SSSR count). The summed E-state index contributed by atoms with van der Waals surface area (Å²) in [5, 5.41) is 17.7. The molecule has 8 heteroatoms. The molecule has 2 N–H and O–H groups in total. The number of phenols is 2. The predicted molar refractivity (Wildman–Crippen MR) is 92.0 cm³/mol. The lowest BCUT2D eigenvalue weighted by molar-refractivity contribution is 0.0318. The Morgan fingerprint density at radius 2 is 1.42 bits per heavy atom. The van der Waals surface area contributed by atoms with E-state index in [4.69, 9.17) is 29.2 Å². The van der Waals surface area contributed by atoms with Crippen molar-refractivity contribution in [2.45, 2.75) is 0 Å². The number of methoxy groups -OCH3 is 2. The molecule has 26 heavy (non-hydrogen) atoms. The van der Waals surface area contributed by atoms with Crippen LogP contribution >= 0.6 is 0 Å². The smallest absolute Gasteiger partial charge is 0.188 e. The van der Waals surface area contributed by atoms with Crippen molar-refractivity contribution in [3.63, 3.8) is 0 Å². The van der Waals surface area contributed by atoms with Crippen molar-refractivity contribution in [3.8, 4) is 23.0 Å². The molecule has 0 aliphatic rings. The van der Waals surface area contributed by atoms with Crippen LogP contribution in [0.5, 0.6) is 23.0 Å². The number of phenolic OH excluding ortho intramolecular Hbond substituents is 2. The van der Waals surface area contributed by atoms with Crippen LogP contribution in [-0.2, 0) is 9.47 Å². The van der Waals surface area contributed by atoms with Crippen LogP contribution < -0.4 is 9.47 Å². The van der Waals surface area contributed by atoms with E-state index in [9.17, 15) is 9.59 Å². The molecule has 0 radical (unpaired) electrons. The third-order valence-electron chi connectivity index (χ3n) is 2.96. The number of carbonyl (C=O) groups excluding carboxylic acids is 2. The van der Waals surface area contributed by atoms with Gasteiger partial charge in [-0.3, -0.25) is 9.59 Å². The summed E-state index contributed by atoms with van der Waals surface area (Å²) in [7, 11) is 3.01. The summed E-state index contributed by atoms with van der Waals surface area (Å²) in [6.45, 7) is 0.139. The van der Waals surface area contributed by atoms with Gasteiger partial charge in [-0.05, 0) is 24.3 Å². The van der Waals surface area contributed by atoms with Gasteiger partial charge in [0.25, 0.3) is 0 Å². The number of aromatic hydroxyl groups is 2. The van der Waals surface area contributed by atoms with E-state index in [-0.39, 0.29) is 30.6 Å². The van der Waals surface area contributed by atoms with E-state index in [1.54, 1.807) is 18.2 Å². The lowest BCUT2D eigenvalue weighted by Crippen LogP contribution is -2.06. The molecule has 0 saturated carbocycles. The van der Waals surface area contributed by atoms with Crippen LogP contribution in [0.4, 0.5) is 0 Å². The molecule has 2 aromatic carbocycles. The van der Waals surface area contributed by atoms with Crippen LogP contribution in [0.15, 0.2) is 36.4 Å². The van der Waals surface area contributed by atoms with Crippen molar-refractivity contribution in [2.24, 2.45) is 0 Å². The van der Waals surface area contributed by atoms with Gasteiger partial charge >= 0.3 is 0 Å². The minimum absolute atomic E-state index is 0.0498. The van der Waals surface area contributed by atoms with Crippen molar-refractivity contribution in [1.29, 1.82) is 0 Å². The molecule has 0 unspecified atom stereocenters. The lowest BCUT2D eigenvalue weighted by atomic mass is 10.2. The molecule has 0 saturated heterocycles. The van der Waals surface area contributed by atoms with Gasteiger partial charge in [0.1, 0.15) is 0 Å². The summed E-state index contributed by atoms with van der Waals surface area (Å²) in [6, 6.07) is 9.24. The molecule has 0 atom stereocenters. The Balaban J connectivity index is 0.000000289. The van der Waals surface area contributed by atoms with Crippen molar-refractivity contribution in [2.75, 3.05) is 27.8 Å². The number of rotatable bonds is 8. The maximum Gasteiger partial charge on any atom is 0.188 e. The Bertz CT molecular complexity index is 714. The highest BCUT2D eigenvalue weighted by atomic mass is 16.7. The molecule has 2 aromatic rings. The average Bonchev–Trinajstić information content (AvgIpc) is 2.67. The summed E-state index contributed by atoms with van der Waals surface area (Å²) in [5.41, 5.74) is 0.505. The summed E-state index contributed by atoms with van der Waals surface area (Å²) in [5.74, 6) is 0.169. The minimum Gasteiger partial charge on any atom is -0.504 e. The highest BCUT2D eigenvalue weighted by Gasteiger charge is 2.10. The van der Waals surface area contributed by atoms with Gasteiger partial charge in [-0.2, -0.15) is 0 Å². The largest absolute Gasteiger partial charge is 0.504 e.